The minimum Gasteiger partial charge on any atom is -0.406 e. The van der Waals surface area contributed by atoms with E-state index in [1.807, 2.05) is 0 Å². The summed E-state index contributed by atoms with van der Waals surface area (Å²) in [5.41, 5.74) is 0.584. The Morgan fingerprint density at radius 3 is 2.70 bits per heavy atom. The molecular formula is C21H20F3N3O2S. The van der Waals surface area contributed by atoms with E-state index in [2.05, 4.69) is 19.6 Å². The average Bonchev–Trinajstić information content (AvgIpc) is 3.28. The van der Waals surface area contributed by atoms with Gasteiger partial charge in [0.1, 0.15) is 22.7 Å². The third-order valence-electron chi connectivity index (χ3n) is 5.98. The highest BCUT2D eigenvalue weighted by atomic mass is 32.1. The Hall–Kier alpha value is -2.39. The second-order valence-electron chi connectivity index (χ2n) is 7.83. The molecule has 9 heteroatoms. The van der Waals surface area contributed by atoms with Crippen LogP contribution in [0.25, 0.3) is 10.2 Å². The topological polar surface area (TPSA) is 58.5 Å². The molecule has 0 radical (unpaired) electrons. The number of ether oxygens (including phenoxy) is 1. The minimum atomic E-state index is -4.76. The number of aromatic nitrogens is 2. The zero-order valence-corrected chi connectivity index (χ0v) is 16.9. The molecule has 1 fully saturated rings. The van der Waals surface area contributed by atoms with Gasteiger partial charge in [0.05, 0.1) is 11.0 Å². The molecule has 0 amide bonds. The monoisotopic (exact) mass is 435 g/mol. The van der Waals surface area contributed by atoms with Gasteiger partial charge >= 0.3 is 6.36 Å². The molecule has 0 spiro atoms. The van der Waals surface area contributed by atoms with Gasteiger partial charge in [-0.1, -0.05) is 12.1 Å². The zero-order valence-electron chi connectivity index (χ0n) is 16.1. The number of aryl methyl sites for hydroxylation is 2. The number of hydrogen-bond donors (Lipinski definition) is 1. The Labute approximate surface area is 175 Å². The quantitative estimate of drug-likeness (QED) is 0.653. The second kappa shape index (κ2) is 7.09. The summed E-state index contributed by atoms with van der Waals surface area (Å²) in [4.78, 5) is 13.5. The predicted octanol–water partition coefficient (Wildman–Crippen LogP) is 4.57. The molecule has 3 heterocycles. The zero-order chi connectivity index (χ0) is 20.9. The van der Waals surface area contributed by atoms with E-state index in [0.717, 1.165) is 35.3 Å². The van der Waals surface area contributed by atoms with Gasteiger partial charge < -0.3 is 14.7 Å². The third kappa shape index (κ3) is 3.50. The number of alkyl halides is 3. The SMILES string of the molecule is OC1(c2cccc(OC(F)(F)F)c2)CCN(c2ncnc3sc4c(c23)CCC4)CC1. The molecule has 1 saturated heterocycles. The van der Waals surface area contributed by atoms with Crippen LogP contribution in [0.3, 0.4) is 0 Å². The first-order valence-electron chi connectivity index (χ1n) is 9.91. The average molecular weight is 435 g/mol. The number of fused-ring (bicyclic) bond motifs is 3. The van der Waals surface area contributed by atoms with E-state index in [1.54, 1.807) is 23.7 Å². The molecule has 158 valence electrons. The minimum absolute atomic E-state index is 0.317. The van der Waals surface area contributed by atoms with Crippen LogP contribution in [0.1, 0.15) is 35.3 Å². The Balaban J connectivity index is 1.38. The third-order valence-corrected chi connectivity index (χ3v) is 7.18. The van der Waals surface area contributed by atoms with Crippen molar-refractivity contribution in [1.82, 2.24) is 9.97 Å². The van der Waals surface area contributed by atoms with Gasteiger partial charge in [-0.05, 0) is 55.4 Å². The first-order chi connectivity index (χ1) is 14.3. The van der Waals surface area contributed by atoms with Crippen molar-refractivity contribution in [2.24, 2.45) is 0 Å². The van der Waals surface area contributed by atoms with E-state index in [4.69, 9.17) is 0 Å². The van der Waals surface area contributed by atoms with Crippen LogP contribution < -0.4 is 9.64 Å². The Morgan fingerprint density at radius 2 is 1.93 bits per heavy atom. The van der Waals surface area contributed by atoms with Crippen LogP contribution in [0, 0.1) is 0 Å². The number of benzene rings is 1. The van der Waals surface area contributed by atoms with Gasteiger partial charge in [-0.25, -0.2) is 9.97 Å². The number of hydrogen-bond acceptors (Lipinski definition) is 6. The van der Waals surface area contributed by atoms with E-state index in [-0.39, 0.29) is 5.75 Å². The molecule has 1 aromatic carbocycles. The summed E-state index contributed by atoms with van der Waals surface area (Å²) in [5.74, 6) is 0.581. The van der Waals surface area contributed by atoms with Crippen molar-refractivity contribution < 1.29 is 23.0 Å². The van der Waals surface area contributed by atoms with Crippen LogP contribution in [-0.4, -0.2) is 34.5 Å². The number of aliphatic hydroxyl groups is 1. The van der Waals surface area contributed by atoms with Gasteiger partial charge in [0.15, 0.2) is 0 Å². The van der Waals surface area contributed by atoms with Gasteiger partial charge in [0.25, 0.3) is 0 Å². The lowest BCUT2D eigenvalue weighted by atomic mass is 9.84. The lowest BCUT2D eigenvalue weighted by Crippen LogP contribution is -2.43. The molecule has 0 atom stereocenters. The van der Waals surface area contributed by atoms with Gasteiger partial charge in [-0.15, -0.1) is 24.5 Å². The van der Waals surface area contributed by atoms with E-state index >= 15 is 0 Å². The fraction of sp³-hybridized carbons (Fsp3) is 0.429. The summed E-state index contributed by atoms with van der Waals surface area (Å²) < 4.78 is 41.6. The van der Waals surface area contributed by atoms with Gasteiger partial charge in [0.2, 0.25) is 0 Å². The lowest BCUT2D eigenvalue weighted by molar-refractivity contribution is -0.274. The van der Waals surface area contributed by atoms with E-state index in [9.17, 15) is 18.3 Å². The first kappa shape index (κ1) is 19.6. The summed E-state index contributed by atoms with van der Waals surface area (Å²) in [6.45, 7) is 1.11. The van der Waals surface area contributed by atoms with Crippen molar-refractivity contribution >= 4 is 27.4 Å². The summed E-state index contributed by atoms with van der Waals surface area (Å²) in [6.07, 6.45) is 0.888. The molecule has 5 rings (SSSR count). The van der Waals surface area contributed by atoms with Crippen molar-refractivity contribution in [3.05, 3.63) is 46.6 Å². The number of rotatable bonds is 3. The summed E-state index contributed by atoms with van der Waals surface area (Å²) >= 11 is 1.73. The lowest BCUT2D eigenvalue weighted by Gasteiger charge is -2.39. The smallest absolute Gasteiger partial charge is 0.406 e. The maximum absolute atomic E-state index is 12.5. The van der Waals surface area contributed by atoms with Crippen molar-refractivity contribution in [2.45, 2.75) is 44.1 Å². The molecule has 2 aromatic heterocycles. The van der Waals surface area contributed by atoms with Crippen molar-refractivity contribution in [3.63, 3.8) is 0 Å². The van der Waals surface area contributed by atoms with Crippen LogP contribution in [0.2, 0.25) is 0 Å². The van der Waals surface area contributed by atoms with E-state index in [0.29, 0.717) is 31.5 Å². The maximum atomic E-state index is 12.5. The fourth-order valence-corrected chi connectivity index (χ4v) is 5.74. The first-order valence-corrected chi connectivity index (χ1v) is 10.7. The van der Waals surface area contributed by atoms with Crippen molar-refractivity contribution in [2.75, 3.05) is 18.0 Å². The molecule has 1 aliphatic carbocycles. The van der Waals surface area contributed by atoms with Crippen LogP contribution in [0.4, 0.5) is 19.0 Å². The van der Waals surface area contributed by atoms with Crippen molar-refractivity contribution in [1.29, 1.82) is 0 Å². The van der Waals surface area contributed by atoms with Crippen LogP contribution in [0.15, 0.2) is 30.6 Å². The molecule has 5 nitrogen and oxygen atoms in total. The van der Waals surface area contributed by atoms with Crippen LogP contribution in [0.5, 0.6) is 5.75 Å². The summed E-state index contributed by atoms with van der Waals surface area (Å²) in [7, 11) is 0. The molecule has 1 aliphatic heterocycles. The molecule has 3 aromatic rings. The number of halogens is 3. The molecule has 1 N–H and O–H groups in total. The highest BCUT2D eigenvalue weighted by Crippen LogP contribution is 2.42. The standard InChI is InChI=1S/C21H20F3N3O2S/c22-21(23,24)29-14-4-1-3-13(11-14)20(28)7-9-27(10-8-20)18-17-15-5-2-6-16(15)30-19(17)26-12-25-18/h1,3-4,11-12,28H,2,5-10H2. The molecule has 0 saturated carbocycles. The number of anilines is 1. The molecule has 0 bridgehead atoms. The fourth-order valence-electron chi connectivity index (χ4n) is 4.51. The van der Waals surface area contributed by atoms with Crippen LogP contribution >= 0.6 is 11.3 Å². The molecule has 2 aliphatic rings. The Bertz CT molecular complexity index is 1090. The molecule has 30 heavy (non-hydrogen) atoms. The number of piperidine rings is 1. The van der Waals surface area contributed by atoms with Crippen molar-refractivity contribution in [3.8, 4) is 5.75 Å². The highest BCUT2D eigenvalue weighted by molar-refractivity contribution is 7.19. The maximum Gasteiger partial charge on any atom is 0.573 e. The van der Waals surface area contributed by atoms with Crippen LogP contribution in [-0.2, 0) is 18.4 Å². The van der Waals surface area contributed by atoms with Gasteiger partial charge in [0, 0.05) is 18.0 Å². The molecular weight excluding hydrogens is 415 g/mol. The Morgan fingerprint density at radius 1 is 1.13 bits per heavy atom. The second-order valence-corrected chi connectivity index (χ2v) is 8.91. The summed E-state index contributed by atoms with van der Waals surface area (Å²) in [6, 6.07) is 5.64. The molecule has 0 unspecified atom stereocenters. The number of nitrogens with zero attached hydrogens (tertiary/aromatic N) is 3. The highest BCUT2D eigenvalue weighted by Gasteiger charge is 2.37. The normalized spacial score (nSPS) is 18.6. The Kier molecular flexibility index (Phi) is 4.62. The predicted molar refractivity (Wildman–Crippen MR) is 108 cm³/mol. The van der Waals surface area contributed by atoms with E-state index in [1.165, 1.54) is 28.6 Å². The largest absolute Gasteiger partial charge is 0.573 e. The number of thiophene rings is 1. The van der Waals surface area contributed by atoms with E-state index < -0.39 is 12.0 Å². The summed E-state index contributed by atoms with van der Waals surface area (Å²) in [5, 5.41) is 12.3. The van der Waals surface area contributed by atoms with Gasteiger partial charge in [-0.3, -0.25) is 0 Å². The van der Waals surface area contributed by atoms with Gasteiger partial charge in [-0.2, -0.15) is 0 Å².